The topological polar surface area (TPSA) is 45.4 Å². The van der Waals surface area contributed by atoms with Gasteiger partial charge in [0.2, 0.25) is 5.89 Å². The summed E-state index contributed by atoms with van der Waals surface area (Å²) in [5.74, 6) is 1.91. The van der Waals surface area contributed by atoms with Crippen LogP contribution in [0.25, 0.3) is 0 Å². The molecule has 3 rings (SSSR count). The van der Waals surface area contributed by atoms with E-state index in [0.717, 1.165) is 37.4 Å². The minimum atomic E-state index is 0.316. The van der Waals surface area contributed by atoms with Crippen LogP contribution in [-0.2, 0) is 6.54 Å². The van der Waals surface area contributed by atoms with E-state index in [4.69, 9.17) is 4.52 Å². The van der Waals surface area contributed by atoms with Gasteiger partial charge in [-0.1, -0.05) is 25.4 Å². The summed E-state index contributed by atoms with van der Waals surface area (Å²) in [7, 11) is 0. The highest BCUT2D eigenvalue weighted by Gasteiger charge is 2.29. The molecule has 0 radical (unpaired) electrons. The molecular formula is C14H24N4O. The highest BCUT2D eigenvalue weighted by molar-refractivity contribution is 4.93. The quantitative estimate of drug-likeness (QED) is 0.834. The van der Waals surface area contributed by atoms with Crippen LogP contribution in [0.1, 0.15) is 50.7 Å². The van der Waals surface area contributed by atoms with E-state index in [9.17, 15) is 0 Å². The fourth-order valence-electron chi connectivity index (χ4n) is 3.13. The van der Waals surface area contributed by atoms with Gasteiger partial charge in [0.15, 0.2) is 5.82 Å². The lowest BCUT2D eigenvalue weighted by Gasteiger charge is -2.43. The zero-order valence-electron chi connectivity index (χ0n) is 12.0. The van der Waals surface area contributed by atoms with Gasteiger partial charge in [0.1, 0.15) is 0 Å². The molecule has 2 fully saturated rings. The summed E-state index contributed by atoms with van der Waals surface area (Å²) in [4.78, 5) is 9.60. The Morgan fingerprint density at radius 3 is 2.95 bits per heavy atom. The lowest BCUT2D eigenvalue weighted by atomic mass is 9.99. The van der Waals surface area contributed by atoms with Crippen LogP contribution in [0.5, 0.6) is 0 Å². The van der Waals surface area contributed by atoms with Crippen molar-refractivity contribution in [2.45, 2.75) is 51.6 Å². The maximum atomic E-state index is 5.28. The van der Waals surface area contributed by atoms with Crippen molar-refractivity contribution < 1.29 is 4.52 Å². The van der Waals surface area contributed by atoms with Crippen molar-refractivity contribution in [3.05, 3.63) is 11.7 Å². The summed E-state index contributed by atoms with van der Waals surface area (Å²) >= 11 is 0. The average molecular weight is 264 g/mol. The van der Waals surface area contributed by atoms with Gasteiger partial charge in [0.25, 0.3) is 0 Å². The van der Waals surface area contributed by atoms with Crippen LogP contribution in [0, 0.1) is 0 Å². The zero-order chi connectivity index (χ0) is 13.2. The van der Waals surface area contributed by atoms with E-state index in [1.807, 2.05) is 0 Å². The first-order valence-electron chi connectivity index (χ1n) is 7.51. The van der Waals surface area contributed by atoms with Crippen molar-refractivity contribution in [2.75, 3.05) is 26.2 Å². The van der Waals surface area contributed by atoms with Gasteiger partial charge in [-0.3, -0.25) is 9.80 Å². The van der Waals surface area contributed by atoms with Crippen LogP contribution < -0.4 is 0 Å². The van der Waals surface area contributed by atoms with E-state index in [2.05, 4.69) is 33.8 Å². The summed E-state index contributed by atoms with van der Waals surface area (Å²) in [5, 5.41) is 4.09. The average Bonchev–Trinajstić information content (AvgIpc) is 2.87. The second-order valence-electron chi connectivity index (χ2n) is 6.12. The Morgan fingerprint density at radius 1 is 1.26 bits per heavy atom. The molecule has 5 heteroatoms. The normalized spacial score (nSPS) is 25.7. The van der Waals surface area contributed by atoms with Gasteiger partial charge in [-0.2, -0.15) is 4.98 Å². The molecular weight excluding hydrogens is 240 g/mol. The molecule has 19 heavy (non-hydrogen) atoms. The summed E-state index contributed by atoms with van der Waals surface area (Å²) in [6, 6.07) is 0.749. The van der Waals surface area contributed by atoms with E-state index in [-0.39, 0.29) is 0 Å². The fourth-order valence-corrected chi connectivity index (χ4v) is 3.13. The van der Waals surface area contributed by atoms with E-state index in [1.54, 1.807) is 0 Å². The minimum absolute atomic E-state index is 0.316. The van der Waals surface area contributed by atoms with Gasteiger partial charge >= 0.3 is 0 Å². The number of nitrogens with zero attached hydrogens (tertiary/aromatic N) is 4. The van der Waals surface area contributed by atoms with E-state index < -0.39 is 0 Å². The van der Waals surface area contributed by atoms with Crippen LogP contribution in [0.3, 0.4) is 0 Å². The number of aromatic nitrogens is 2. The number of piperazine rings is 1. The number of piperidine rings is 1. The molecule has 0 aliphatic carbocycles. The number of hydrogen-bond donors (Lipinski definition) is 0. The number of fused-ring (bicyclic) bond motifs is 1. The van der Waals surface area contributed by atoms with Crippen LogP contribution in [-0.4, -0.2) is 52.2 Å². The molecule has 0 bridgehead atoms. The van der Waals surface area contributed by atoms with E-state index in [0.29, 0.717) is 5.92 Å². The molecule has 0 amide bonds. The molecule has 0 aromatic carbocycles. The van der Waals surface area contributed by atoms with Crippen molar-refractivity contribution in [2.24, 2.45) is 0 Å². The van der Waals surface area contributed by atoms with Crippen molar-refractivity contribution >= 4 is 0 Å². The maximum Gasteiger partial charge on any atom is 0.229 e. The largest absolute Gasteiger partial charge is 0.339 e. The van der Waals surface area contributed by atoms with Crippen LogP contribution in [0.15, 0.2) is 4.52 Å². The first-order chi connectivity index (χ1) is 9.22. The van der Waals surface area contributed by atoms with Crippen molar-refractivity contribution in [1.29, 1.82) is 0 Å². The van der Waals surface area contributed by atoms with E-state index in [1.165, 1.54) is 32.4 Å². The molecule has 2 aliphatic rings. The fraction of sp³-hybridized carbons (Fsp3) is 0.857. The highest BCUT2D eigenvalue weighted by atomic mass is 16.5. The summed E-state index contributed by atoms with van der Waals surface area (Å²) < 4.78 is 5.28. The zero-order valence-corrected chi connectivity index (χ0v) is 12.0. The van der Waals surface area contributed by atoms with Crippen LogP contribution >= 0.6 is 0 Å². The SMILES string of the molecule is CC(C)c1nc(CN2CCN3CCCC[C@@H]3C2)no1. The maximum absolute atomic E-state index is 5.28. The molecule has 2 aliphatic heterocycles. The summed E-state index contributed by atoms with van der Waals surface area (Å²) in [5.41, 5.74) is 0. The number of rotatable bonds is 3. The Hall–Kier alpha value is -0.940. The molecule has 0 unspecified atom stereocenters. The predicted octanol–water partition coefficient (Wildman–Crippen LogP) is 1.86. The molecule has 0 saturated carbocycles. The van der Waals surface area contributed by atoms with Crippen LogP contribution in [0.2, 0.25) is 0 Å². The minimum Gasteiger partial charge on any atom is -0.339 e. The molecule has 1 aromatic heterocycles. The lowest BCUT2D eigenvalue weighted by Crippen LogP contribution is -2.54. The first-order valence-corrected chi connectivity index (χ1v) is 7.51. The van der Waals surface area contributed by atoms with Crippen molar-refractivity contribution in [3.8, 4) is 0 Å². The van der Waals surface area contributed by atoms with Gasteiger partial charge in [-0.05, 0) is 19.4 Å². The molecule has 106 valence electrons. The molecule has 5 nitrogen and oxygen atoms in total. The Balaban J connectivity index is 1.57. The summed E-state index contributed by atoms with van der Waals surface area (Å²) in [6.45, 7) is 9.77. The third-order valence-electron chi connectivity index (χ3n) is 4.26. The van der Waals surface area contributed by atoms with Gasteiger partial charge in [0, 0.05) is 31.6 Å². The smallest absolute Gasteiger partial charge is 0.229 e. The van der Waals surface area contributed by atoms with Gasteiger partial charge in [0.05, 0.1) is 6.54 Å². The van der Waals surface area contributed by atoms with Crippen LogP contribution in [0.4, 0.5) is 0 Å². The first kappa shape index (κ1) is 13.1. The van der Waals surface area contributed by atoms with Crippen molar-refractivity contribution in [3.63, 3.8) is 0 Å². The third-order valence-corrected chi connectivity index (χ3v) is 4.26. The van der Waals surface area contributed by atoms with Crippen molar-refractivity contribution in [1.82, 2.24) is 19.9 Å². The van der Waals surface area contributed by atoms with Gasteiger partial charge in [-0.25, -0.2) is 0 Å². The summed E-state index contributed by atoms with van der Waals surface area (Å²) in [6.07, 6.45) is 4.10. The molecule has 0 spiro atoms. The van der Waals surface area contributed by atoms with Gasteiger partial charge in [-0.15, -0.1) is 0 Å². The second kappa shape index (κ2) is 5.59. The Bertz CT molecular complexity index is 417. The Labute approximate surface area is 115 Å². The lowest BCUT2D eigenvalue weighted by molar-refractivity contribution is 0.0441. The monoisotopic (exact) mass is 264 g/mol. The standard InChI is InChI=1S/C14H24N4O/c1-11(2)14-15-13(16-19-14)10-17-7-8-18-6-4-3-5-12(18)9-17/h11-12H,3-10H2,1-2H3/t12-/m1/s1. The molecule has 1 aromatic rings. The van der Waals surface area contributed by atoms with Gasteiger partial charge < -0.3 is 4.52 Å². The molecule has 0 N–H and O–H groups in total. The predicted molar refractivity (Wildman–Crippen MR) is 72.9 cm³/mol. The Morgan fingerprint density at radius 2 is 2.16 bits per heavy atom. The third kappa shape index (κ3) is 2.98. The Kier molecular flexibility index (Phi) is 3.84. The second-order valence-corrected chi connectivity index (χ2v) is 6.12. The molecule has 2 saturated heterocycles. The molecule has 1 atom stereocenters. The number of hydrogen-bond acceptors (Lipinski definition) is 5. The molecule has 3 heterocycles. The highest BCUT2D eigenvalue weighted by Crippen LogP contribution is 2.22. The van der Waals surface area contributed by atoms with E-state index >= 15 is 0 Å².